The Bertz CT molecular complexity index is 693. The Balaban J connectivity index is 2.35. The summed E-state index contributed by atoms with van der Waals surface area (Å²) in [6.45, 7) is 7.70. The number of hydrogen-bond donors (Lipinski definition) is 1. The van der Waals surface area contributed by atoms with Crippen LogP contribution in [0.3, 0.4) is 0 Å². The maximum Gasteiger partial charge on any atom is 0.338 e. The summed E-state index contributed by atoms with van der Waals surface area (Å²) in [7, 11) is 0. The number of hydrogen-bond acceptors (Lipinski definition) is 4. The molecule has 0 aromatic heterocycles. The molecule has 0 aliphatic carbocycles. The molecule has 1 N–H and O–H groups in total. The Morgan fingerprint density at radius 2 is 2.12 bits per heavy atom. The van der Waals surface area contributed by atoms with Gasteiger partial charge in [0.05, 0.1) is 18.2 Å². The lowest BCUT2D eigenvalue weighted by Gasteiger charge is -2.37. The molecular formula is C19H25FN2O3S. The van der Waals surface area contributed by atoms with E-state index in [4.69, 9.17) is 21.7 Å². The monoisotopic (exact) mass is 380 g/mol. The molecule has 0 saturated carbocycles. The van der Waals surface area contributed by atoms with Crippen LogP contribution in [0.5, 0.6) is 0 Å². The van der Waals surface area contributed by atoms with Crippen molar-refractivity contribution in [2.24, 2.45) is 0 Å². The Hall–Kier alpha value is -1.99. The highest BCUT2D eigenvalue weighted by molar-refractivity contribution is 7.80. The number of carbonyl (C=O) groups is 1. The molecular weight excluding hydrogens is 355 g/mol. The molecule has 7 heteroatoms. The van der Waals surface area contributed by atoms with Gasteiger partial charge in [-0.1, -0.05) is 12.1 Å². The molecule has 2 rings (SSSR count). The van der Waals surface area contributed by atoms with Crippen molar-refractivity contribution in [2.75, 3.05) is 26.4 Å². The minimum atomic E-state index is -0.541. The number of thiocarbonyl (C=S) groups is 1. The highest BCUT2D eigenvalue weighted by atomic mass is 32.1. The molecule has 5 nitrogen and oxygen atoms in total. The number of esters is 1. The minimum Gasteiger partial charge on any atom is -0.463 e. The van der Waals surface area contributed by atoms with Crippen LogP contribution in [0.1, 0.15) is 38.8 Å². The third-order valence-electron chi connectivity index (χ3n) is 4.15. The van der Waals surface area contributed by atoms with Gasteiger partial charge < -0.3 is 19.7 Å². The smallest absolute Gasteiger partial charge is 0.338 e. The Kier molecular flexibility index (Phi) is 7.53. The van der Waals surface area contributed by atoms with Gasteiger partial charge in [0.2, 0.25) is 0 Å². The van der Waals surface area contributed by atoms with Crippen molar-refractivity contribution in [1.82, 2.24) is 10.2 Å². The summed E-state index contributed by atoms with van der Waals surface area (Å²) in [4.78, 5) is 14.5. The molecule has 0 fully saturated rings. The molecule has 1 heterocycles. The second-order valence-electron chi connectivity index (χ2n) is 5.86. The standard InChI is InChI=1S/C19H25FN2O3S/c1-4-24-11-7-10-22-13(3)16(18(23)25-5-2)17(21-19(22)26)14-8-6-9-15(20)12-14/h6,8-9,12,17H,4-5,7,10-11H2,1-3H3,(H,21,26)/t17-/m0/s1. The minimum absolute atomic E-state index is 0.264. The first-order valence-electron chi connectivity index (χ1n) is 8.78. The van der Waals surface area contributed by atoms with E-state index in [1.165, 1.54) is 12.1 Å². The summed E-state index contributed by atoms with van der Waals surface area (Å²) >= 11 is 5.49. The Labute approximate surface area is 159 Å². The first-order chi connectivity index (χ1) is 12.5. The fourth-order valence-corrected chi connectivity index (χ4v) is 3.28. The summed E-state index contributed by atoms with van der Waals surface area (Å²) in [5, 5.41) is 3.66. The van der Waals surface area contributed by atoms with Crippen molar-refractivity contribution in [3.05, 3.63) is 46.9 Å². The van der Waals surface area contributed by atoms with Gasteiger partial charge >= 0.3 is 5.97 Å². The van der Waals surface area contributed by atoms with E-state index in [9.17, 15) is 9.18 Å². The summed E-state index contributed by atoms with van der Waals surface area (Å²) in [6.07, 6.45) is 0.772. The lowest BCUT2D eigenvalue weighted by molar-refractivity contribution is -0.139. The summed E-state index contributed by atoms with van der Waals surface area (Å²) in [5.41, 5.74) is 1.80. The van der Waals surface area contributed by atoms with Crippen molar-refractivity contribution >= 4 is 23.3 Å². The normalized spacial score (nSPS) is 17.3. The molecule has 1 aromatic rings. The number of halogens is 1. The fourth-order valence-electron chi connectivity index (χ4n) is 2.93. The second-order valence-corrected chi connectivity index (χ2v) is 6.25. The predicted molar refractivity (Wildman–Crippen MR) is 102 cm³/mol. The van der Waals surface area contributed by atoms with E-state index >= 15 is 0 Å². The number of nitrogens with zero attached hydrogens (tertiary/aromatic N) is 1. The van der Waals surface area contributed by atoms with E-state index < -0.39 is 12.0 Å². The SMILES string of the molecule is CCOCCCN1C(=S)N[C@@H](c2cccc(F)c2)C(C(=O)OCC)=C1C. The van der Waals surface area contributed by atoms with Gasteiger partial charge in [0.15, 0.2) is 5.11 Å². The molecule has 0 unspecified atom stereocenters. The van der Waals surface area contributed by atoms with E-state index in [0.29, 0.717) is 36.0 Å². The molecule has 0 spiro atoms. The van der Waals surface area contributed by atoms with Crippen LogP contribution >= 0.6 is 12.2 Å². The first kappa shape index (κ1) is 20.3. The predicted octanol–water partition coefficient (Wildman–Crippen LogP) is 3.32. The third kappa shape index (κ3) is 4.80. The zero-order valence-corrected chi connectivity index (χ0v) is 16.2. The molecule has 1 atom stereocenters. The fraction of sp³-hybridized carbons (Fsp3) is 0.474. The average Bonchev–Trinajstić information content (AvgIpc) is 2.60. The van der Waals surface area contributed by atoms with Crippen LogP contribution in [0, 0.1) is 5.82 Å². The van der Waals surface area contributed by atoms with Crippen LogP contribution in [0.4, 0.5) is 4.39 Å². The maximum absolute atomic E-state index is 13.7. The lowest BCUT2D eigenvalue weighted by atomic mass is 9.95. The largest absolute Gasteiger partial charge is 0.463 e. The summed E-state index contributed by atoms with van der Waals surface area (Å²) in [6, 6.07) is 5.60. The molecule has 1 aliphatic rings. The van der Waals surface area contributed by atoms with Gasteiger partial charge in [-0.05, 0) is 57.1 Å². The highest BCUT2D eigenvalue weighted by Gasteiger charge is 2.34. The second kappa shape index (κ2) is 9.64. The van der Waals surface area contributed by atoms with Gasteiger partial charge in [-0.15, -0.1) is 0 Å². The van der Waals surface area contributed by atoms with E-state index in [1.807, 2.05) is 18.7 Å². The van der Waals surface area contributed by atoms with Gasteiger partial charge in [-0.2, -0.15) is 0 Å². The molecule has 26 heavy (non-hydrogen) atoms. The number of allylic oxidation sites excluding steroid dienone is 1. The molecule has 142 valence electrons. The van der Waals surface area contributed by atoms with E-state index in [0.717, 1.165) is 12.1 Å². The van der Waals surface area contributed by atoms with Crippen LogP contribution in [0.15, 0.2) is 35.5 Å². The quantitative estimate of drug-likeness (QED) is 0.424. The van der Waals surface area contributed by atoms with Crippen molar-refractivity contribution in [3.63, 3.8) is 0 Å². The van der Waals surface area contributed by atoms with E-state index in [2.05, 4.69) is 5.32 Å². The molecule has 0 amide bonds. The van der Waals surface area contributed by atoms with Crippen molar-refractivity contribution in [2.45, 2.75) is 33.2 Å². The molecule has 1 aromatic carbocycles. The number of carbonyl (C=O) groups excluding carboxylic acids is 1. The van der Waals surface area contributed by atoms with Crippen LogP contribution < -0.4 is 5.32 Å². The van der Waals surface area contributed by atoms with Crippen molar-refractivity contribution in [3.8, 4) is 0 Å². The first-order valence-corrected chi connectivity index (χ1v) is 9.19. The van der Waals surface area contributed by atoms with E-state index in [1.54, 1.807) is 19.1 Å². The summed E-state index contributed by atoms with van der Waals surface area (Å²) in [5.74, 6) is -0.792. The van der Waals surface area contributed by atoms with Gasteiger partial charge in [0, 0.05) is 25.5 Å². The third-order valence-corrected chi connectivity index (χ3v) is 4.49. The zero-order chi connectivity index (χ0) is 19.1. The topological polar surface area (TPSA) is 50.8 Å². The van der Waals surface area contributed by atoms with Crippen LogP contribution in [-0.2, 0) is 14.3 Å². The molecule has 0 saturated heterocycles. The van der Waals surface area contributed by atoms with Crippen LogP contribution in [-0.4, -0.2) is 42.3 Å². The van der Waals surface area contributed by atoms with Crippen molar-refractivity contribution < 1.29 is 18.7 Å². The zero-order valence-electron chi connectivity index (χ0n) is 15.4. The number of nitrogens with one attached hydrogen (secondary N) is 1. The van der Waals surface area contributed by atoms with Crippen LogP contribution in [0.2, 0.25) is 0 Å². The van der Waals surface area contributed by atoms with Gasteiger partial charge in [-0.25, -0.2) is 9.18 Å². The molecule has 0 radical (unpaired) electrons. The Morgan fingerprint density at radius 1 is 1.35 bits per heavy atom. The maximum atomic E-state index is 13.7. The van der Waals surface area contributed by atoms with Crippen molar-refractivity contribution in [1.29, 1.82) is 0 Å². The van der Waals surface area contributed by atoms with Gasteiger partial charge in [0.25, 0.3) is 0 Å². The number of ether oxygens (including phenoxy) is 2. The molecule has 1 aliphatic heterocycles. The molecule has 0 bridgehead atoms. The Morgan fingerprint density at radius 3 is 2.77 bits per heavy atom. The summed E-state index contributed by atoms with van der Waals surface area (Å²) < 4.78 is 24.3. The van der Waals surface area contributed by atoms with Gasteiger partial charge in [0.1, 0.15) is 5.82 Å². The van der Waals surface area contributed by atoms with Crippen LogP contribution in [0.25, 0.3) is 0 Å². The lowest BCUT2D eigenvalue weighted by Crippen LogP contribution is -2.48. The number of benzene rings is 1. The van der Waals surface area contributed by atoms with Gasteiger partial charge in [-0.3, -0.25) is 0 Å². The average molecular weight is 380 g/mol. The number of rotatable bonds is 8. The highest BCUT2D eigenvalue weighted by Crippen LogP contribution is 2.31. The van der Waals surface area contributed by atoms with E-state index in [-0.39, 0.29) is 12.4 Å².